The molecule has 0 aliphatic rings. The van der Waals surface area contributed by atoms with Gasteiger partial charge in [0, 0.05) is 17.1 Å². The summed E-state index contributed by atoms with van der Waals surface area (Å²) in [6, 6.07) is 23.1. The quantitative estimate of drug-likeness (QED) is 0.296. The Morgan fingerprint density at radius 3 is 2.57 bits per heavy atom. The third-order valence-corrected chi connectivity index (χ3v) is 4.81. The molecule has 0 atom stereocenters. The van der Waals surface area contributed by atoms with E-state index in [1.807, 2.05) is 72.8 Å². The molecule has 0 unspecified atom stereocenters. The van der Waals surface area contributed by atoms with Crippen LogP contribution < -0.4 is 20.2 Å². The first-order valence-corrected chi connectivity index (χ1v) is 10.1. The first-order valence-electron chi connectivity index (χ1n) is 9.31. The summed E-state index contributed by atoms with van der Waals surface area (Å²) in [7, 11) is 1.60. The summed E-state index contributed by atoms with van der Waals surface area (Å²) in [5, 5.41) is 8.39. The number of halogens is 1. The summed E-state index contributed by atoms with van der Waals surface area (Å²) in [5.41, 5.74) is 5.70. The summed E-state index contributed by atoms with van der Waals surface area (Å²) in [6.45, 7) is 0.986. The number of ether oxygens (including phenoxy) is 2. The molecule has 0 aliphatic heterocycles. The van der Waals surface area contributed by atoms with Gasteiger partial charge in [-0.2, -0.15) is 5.10 Å². The zero-order valence-corrected chi connectivity index (χ0v) is 18.0. The smallest absolute Gasteiger partial charge is 0.187 e. The molecule has 0 radical (unpaired) electrons. The molecule has 0 saturated heterocycles. The fraction of sp³-hybridized carbons (Fsp3) is 0.130. The molecule has 5 nitrogen and oxygen atoms in total. The number of nitrogens with zero attached hydrogens (tertiary/aromatic N) is 1. The molecule has 3 rings (SSSR count). The lowest BCUT2D eigenvalue weighted by Gasteiger charge is -2.12. The molecule has 3 aromatic rings. The maximum Gasteiger partial charge on any atom is 0.187 e. The highest BCUT2D eigenvalue weighted by atomic mass is 35.5. The van der Waals surface area contributed by atoms with Crippen LogP contribution in [0.25, 0.3) is 0 Å². The predicted molar refractivity (Wildman–Crippen MR) is 125 cm³/mol. The number of hydrogen-bond acceptors (Lipinski definition) is 4. The van der Waals surface area contributed by atoms with E-state index in [9.17, 15) is 0 Å². The van der Waals surface area contributed by atoms with Crippen molar-refractivity contribution < 1.29 is 9.47 Å². The molecule has 0 amide bonds. The van der Waals surface area contributed by atoms with E-state index in [1.165, 1.54) is 0 Å². The number of methoxy groups -OCH3 is 1. The van der Waals surface area contributed by atoms with Gasteiger partial charge >= 0.3 is 0 Å². The van der Waals surface area contributed by atoms with Crippen molar-refractivity contribution in [3.8, 4) is 11.5 Å². The van der Waals surface area contributed by atoms with E-state index in [0.717, 1.165) is 16.7 Å². The summed E-state index contributed by atoms with van der Waals surface area (Å²) >= 11 is 11.4. The third-order valence-electron chi connectivity index (χ3n) is 4.20. The minimum atomic E-state index is 0.354. The van der Waals surface area contributed by atoms with E-state index in [-0.39, 0.29) is 0 Å². The highest BCUT2D eigenvalue weighted by Crippen LogP contribution is 2.29. The van der Waals surface area contributed by atoms with Crippen molar-refractivity contribution >= 4 is 35.1 Å². The highest BCUT2D eigenvalue weighted by Gasteiger charge is 2.07. The number of rotatable bonds is 8. The Bertz CT molecular complexity index is 1010. The van der Waals surface area contributed by atoms with E-state index < -0.39 is 0 Å². The fourth-order valence-corrected chi connectivity index (χ4v) is 2.95. The van der Waals surface area contributed by atoms with Crippen molar-refractivity contribution in [2.24, 2.45) is 5.10 Å². The summed E-state index contributed by atoms with van der Waals surface area (Å²) in [5.74, 6) is 1.23. The van der Waals surface area contributed by atoms with Crippen LogP contribution >= 0.6 is 23.8 Å². The van der Waals surface area contributed by atoms with Gasteiger partial charge in [-0.1, -0.05) is 60.1 Å². The second kappa shape index (κ2) is 11.2. The van der Waals surface area contributed by atoms with Crippen LogP contribution in [0.3, 0.4) is 0 Å². The van der Waals surface area contributed by atoms with E-state index in [1.54, 1.807) is 13.3 Å². The molecule has 154 valence electrons. The molecule has 0 aliphatic carbocycles. The zero-order chi connectivity index (χ0) is 21.2. The zero-order valence-electron chi connectivity index (χ0n) is 16.5. The monoisotopic (exact) mass is 439 g/mol. The van der Waals surface area contributed by atoms with Crippen LogP contribution in [-0.4, -0.2) is 18.4 Å². The van der Waals surface area contributed by atoms with Crippen LogP contribution in [0.1, 0.15) is 16.7 Å². The number of hydrogen-bond donors (Lipinski definition) is 2. The number of thiocarbonyl (C=S) groups is 1. The molecule has 3 aromatic carbocycles. The molecule has 0 fully saturated rings. The SMILES string of the molecule is COc1cc(C=NNC(=S)NCc2ccccc2)ccc1OCc1ccccc1Cl. The molecule has 7 heteroatoms. The Hall–Kier alpha value is -3.09. The van der Waals surface area contributed by atoms with E-state index in [4.69, 9.17) is 33.3 Å². The normalized spacial score (nSPS) is 10.6. The highest BCUT2D eigenvalue weighted by molar-refractivity contribution is 7.80. The molecule has 0 aromatic heterocycles. The van der Waals surface area contributed by atoms with Crippen molar-refractivity contribution in [1.29, 1.82) is 0 Å². The molecule has 30 heavy (non-hydrogen) atoms. The van der Waals surface area contributed by atoms with Crippen molar-refractivity contribution in [2.45, 2.75) is 13.2 Å². The van der Waals surface area contributed by atoms with Gasteiger partial charge in [-0.3, -0.25) is 5.43 Å². The Morgan fingerprint density at radius 1 is 1.03 bits per heavy atom. The lowest BCUT2D eigenvalue weighted by molar-refractivity contribution is 0.284. The van der Waals surface area contributed by atoms with Crippen LogP contribution in [0, 0.1) is 0 Å². The van der Waals surface area contributed by atoms with Crippen LogP contribution in [0.5, 0.6) is 11.5 Å². The lowest BCUT2D eigenvalue weighted by atomic mass is 10.2. The molecule has 0 heterocycles. The van der Waals surface area contributed by atoms with Gasteiger partial charge in [0.05, 0.1) is 13.3 Å². The number of hydrazone groups is 1. The molecular weight excluding hydrogens is 418 g/mol. The van der Waals surface area contributed by atoms with Gasteiger partial charge in [0.25, 0.3) is 0 Å². The summed E-state index contributed by atoms with van der Waals surface area (Å²) in [4.78, 5) is 0. The van der Waals surface area contributed by atoms with Crippen molar-refractivity contribution in [3.63, 3.8) is 0 Å². The maximum absolute atomic E-state index is 6.18. The molecule has 2 N–H and O–H groups in total. The molecule has 0 saturated carbocycles. The number of nitrogens with one attached hydrogen (secondary N) is 2. The second-order valence-electron chi connectivity index (χ2n) is 6.33. The minimum absolute atomic E-state index is 0.354. The van der Waals surface area contributed by atoms with Gasteiger partial charge in [-0.25, -0.2) is 0 Å². The van der Waals surface area contributed by atoms with Gasteiger partial charge in [0.15, 0.2) is 16.6 Å². The molecular formula is C23H22ClN3O2S. The van der Waals surface area contributed by atoms with Gasteiger partial charge in [0.1, 0.15) is 6.61 Å². The van der Waals surface area contributed by atoms with Crippen LogP contribution in [0.2, 0.25) is 5.02 Å². The van der Waals surface area contributed by atoms with E-state index in [0.29, 0.717) is 34.8 Å². The lowest BCUT2D eigenvalue weighted by Crippen LogP contribution is -2.31. The second-order valence-corrected chi connectivity index (χ2v) is 7.14. The predicted octanol–water partition coefficient (Wildman–Crippen LogP) is 4.93. The fourth-order valence-electron chi connectivity index (χ4n) is 2.64. The van der Waals surface area contributed by atoms with Gasteiger partial charge in [-0.05, 0) is 47.6 Å². The Balaban J connectivity index is 1.53. The van der Waals surface area contributed by atoms with Crippen molar-refractivity contribution in [3.05, 3.63) is 94.5 Å². The average Bonchev–Trinajstić information content (AvgIpc) is 2.78. The van der Waals surface area contributed by atoms with Crippen LogP contribution in [0.15, 0.2) is 77.9 Å². The maximum atomic E-state index is 6.18. The van der Waals surface area contributed by atoms with Gasteiger partial charge < -0.3 is 14.8 Å². The topological polar surface area (TPSA) is 54.9 Å². The average molecular weight is 440 g/mol. The van der Waals surface area contributed by atoms with Crippen molar-refractivity contribution in [1.82, 2.24) is 10.7 Å². The van der Waals surface area contributed by atoms with Crippen LogP contribution in [0.4, 0.5) is 0 Å². The number of benzene rings is 3. The van der Waals surface area contributed by atoms with Gasteiger partial charge in [-0.15, -0.1) is 0 Å². The summed E-state index contributed by atoms with van der Waals surface area (Å²) in [6.07, 6.45) is 1.66. The van der Waals surface area contributed by atoms with Crippen LogP contribution in [-0.2, 0) is 13.2 Å². The van der Waals surface area contributed by atoms with E-state index in [2.05, 4.69) is 15.8 Å². The molecule has 0 bridgehead atoms. The van der Waals surface area contributed by atoms with E-state index >= 15 is 0 Å². The Labute approximate surface area is 186 Å². The first kappa shape index (κ1) is 21.6. The van der Waals surface area contributed by atoms with Crippen molar-refractivity contribution in [2.75, 3.05) is 7.11 Å². The standard InChI is InChI=1S/C23H22ClN3O2S/c1-28-22-13-18(11-12-21(22)29-16-19-9-5-6-10-20(19)24)15-26-27-23(30)25-14-17-7-3-2-4-8-17/h2-13,15H,14,16H2,1H3,(H2,25,27,30). The summed E-state index contributed by atoms with van der Waals surface area (Å²) < 4.78 is 11.3. The third kappa shape index (κ3) is 6.47. The minimum Gasteiger partial charge on any atom is -0.493 e. The van der Waals surface area contributed by atoms with Gasteiger partial charge in [0.2, 0.25) is 0 Å². The Kier molecular flexibility index (Phi) is 8.06. The Morgan fingerprint density at radius 2 is 1.80 bits per heavy atom. The largest absolute Gasteiger partial charge is 0.493 e. The molecule has 0 spiro atoms. The first-order chi connectivity index (χ1) is 14.7.